The van der Waals surface area contributed by atoms with Crippen molar-refractivity contribution in [2.24, 2.45) is 13.0 Å². The van der Waals surface area contributed by atoms with E-state index in [0.29, 0.717) is 6.04 Å². The van der Waals surface area contributed by atoms with Crippen LogP contribution in [0.1, 0.15) is 49.8 Å². The Morgan fingerprint density at radius 1 is 1.21 bits per heavy atom. The average molecular weight is 258 g/mol. The number of aromatic nitrogens is 2. The molecule has 1 aliphatic carbocycles. The summed E-state index contributed by atoms with van der Waals surface area (Å²) in [5, 5.41) is 13.9. The van der Waals surface area contributed by atoms with Crippen LogP contribution in [0.25, 0.3) is 0 Å². The minimum Gasteiger partial charge on any atom is -0.352 e. The summed E-state index contributed by atoms with van der Waals surface area (Å²) in [5.74, 6) is 1.88. The Hall–Kier alpha value is -1.50. The van der Waals surface area contributed by atoms with E-state index >= 15 is 0 Å². The van der Waals surface area contributed by atoms with Crippen LogP contribution < -0.4 is 4.90 Å². The largest absolute Gasteiger partial charge is 0.352 e. The van der Waals surface area contributed by atoms with E-state index in [1.807, 2.05) is 18.7 Å². The molecule has 0 N–H and O–H groups in total. The maximum absolute atomic E-state index is 9.41. The molecule has 19 heavy (non-hydrogen) atoms. The SMILES string of the molecule is Cc1nn(C)c(N2CCC[C@H]3CCCC[C@H]32)c1C#N. The fraction of sp³-hybridized carbons (Fsp3) is 0.733. The van der Waals surface area contributed by atoms with Crippen molar-refractivity contribution in [3.63, 3.8) is 0 Å². The molecule has 0 radical (unpaired) electrons. The lowest BCUT2D eigenvalue weighted by molar-refractivity contribution is 0.241. The van der Waals surface area contributed by atoms with Crippen molar-refractivity contribution in [2.75, 3.05) is 11.4 Å². The number of nitrogens with zero attached hydrogens (tertiary/aromatic N) is 4. The molecule has 0 amide bonds. The maximum atomic E-state index is 9.41. The summed E-state index contributed by atoms with van der Waals surface area (Å²) in [4.78, 5) is 2.48. The van der Waals surface area contributed by atoms with Crippen LogP contribution in [-0.2, 0) is 7.05 Å². The van der Waals surface area contributed by atoms with Crippen molar-refractivity contribution >= 4 is 5.82 Å². The van der Waals surface area contributed by atoms with Crippen LogP contribution in [0.2, 0.25) is 0 Å². The Morgan fingerprint density at radius 2 is 1.95 bits per heavy atom. The minimum absolute atomic E-state index is 0.629. The molecule has 0 bridgehead atoms. The van der Waals surface area contributed by atoms with Gasteiger partial charge in [-0.3, -0.25) is 4.68 Å². The van der Waals surface area contributed by atoms with Gasteiger partial charge in [-0.1, -0.05) is 12.8 Å². The van der Waals surface area contributed by atoms with Crippen molar-refractivity contribution in [3.05, 3.63) is 11.3 Å². The topological polar surface area (TPSA) is 44.9 Å². The summed E-state index contributed by atoms with van der Waals surface area (Å²) in [6.45, 7) is 3.01. The predicted molar refractivity (Wildman–Crippen MR) is 75.0 cm³/mol. The first-order chi connectivity index (χ1) is 9.22. The van der Waals surface area contributed by atoms with Crippen LogP contribution in [0.5, 0.6) is 0 Å². The highest BCUT2D eigenvalue weighted by Gasteiger charge is 2.35. The summed E-state index contributed by atoms with van der Waals surface area (Å²) in [5.41, 5.74) is 1.63. The van der Waals surface area contributed by atoms with E-state index in [-0.39, 0.29) is 0 Å². The van der Waals surface area contributed by atoms with Crippen LogP contribution in [0.15, 0.2) is 0 Å². The maximum Gasteiger partial charge on any atom is 0.145 e. The average Bonchev–Trinajstić information content (AvgIpc) is 2.72. The van der Waals surface area contributed by atoms with Crippen LogP contribution in [0, 0.1) is 24.2 Å². The van der Waals surface area contributed by atoms with Crippen LogP contribution in [0.3, 0.4) is 0 Å². The molecule has 2 fully saturated rings. The van der Waals surface area contributed by atoms with Gasteiger partial charge in [-0.2, -0.15) is 10.4 Å². The zero-order valence-corrected chi connectivity index (χ0v) is 11.9. The second-order valence-electron chi connectivity index (χ2n) is 5.97. The van der Waals surface area contributed by atoms with E-state index in [1.54, 1.807) is 0 Å². The Balaban J connectivity index is 1.99. The fourth-order valence-corrected chi connectivity index (χ4v) is 3.99. The van der Waals surface area contributed by atoms with E-state index in [0.717, 1.165) is 29.5 Å². The molecule has 0 aromatic carbocycles. The molecule has 1 saturated carbocycles. The number of anilines is 1. The van der Waals surface area contributed by atoms with E-state index < -0.39 is 0 Å². The monoisotopic (exact) mass is 258 g/mol. The molecular formula is C15H22N4. The summed E-state index contributed by atoms with van der Waals surface area (Å²) < 4.78 is 1.91. The van der Waals surface area contributed by atoms with Gasteiger partial charge >= 0.3 is 0 Å². The van der Waals surface area contributed by atoms with Crippen LogP contribution in [-0.4, -0.2) is 22.4 Å². The number of rotatable bonds is 1. The summed E-state index contributed by atoms with van der Waals surface area (Å²) in [6, 6.07) is 2.98. The number of nitriles is 1. The van der Waals surface area contributed by atoms with Gasteiger partial charge in [0, 0.05) is 19.6 Å². The van der Waals surface area contributed by atoms with Gasteiger partial charge in [0.15, 0.2) is 0 Å². The van der Waals surface area contributed by atoms with E-state index in [9.17, 15) is 5.26 Å². The summed E-state index contributed by atoms with van der Waals surface area (Å²) in [7, 11) is 1.97. The zero-order chi connectivity index (χ0) is 13.4. The first kappa shape index (κ1) is 12.5. The Labute approximate surface area is 115 Å². The number of fused-ring (bicyclic) bond motifs is 1. The number of hydrogen-bond acceptors (Lipinski definition) is 3. The van der Waals surface area contributed by atoms with Crippen molar-refractivity contribution in [1.82, 2.24) is 9.78 Å². The summed E-state index contributed by atoms with van der Waals surface area (Å²) >= 11 is 0. The highest BCUT2D eigenvalue weighted by molar-refractivity contribution is 5.58. The minimum atomic E-state index is 0.629. The molecule has 2 aliphatic rings. The van der Waals surface area contributed by atoms with Gasteiger partial charge in [-0.15, -0.1) is 0 Å². The third kappa shape index (κ3) is 2.01. The van der Waals surface area contributed by atoms with Crippen molar-refractivity contribution < 1.29 is 0 Å². The van der Waals surface area contributed by atoms with E-state index in [1.165, 1.54) is 38.5 Å². The molecular weight excluding hydrogens is 236 g/mol. The molecule has 1 aromatic heterocycles. The quantitative estimate of drug-likeness (QED) is 0.778. The van der Waals surface area contributed by atoms with Crippen molar-refractivity contribution in [1.29, 1.82) is 5.26 Å². The molecule has 3 rings (SSSR count). The highest BCUT2D eigenvalue weighted by atomic mass is 15.4. The molecule has 1 saturated heterocycles. The fourth-order valence-electron chi connectivity index (χ4n) is 3.99. The lowest BCUT2D eigenvalue weighted by Gasteiger charge is -2.45. The number of aryl methyl sites for hydroxylation is 2. The third-order valence-corrected chi connectivity index (χ3v) is 4.82. The standard InChI is InChI=1S/C15H22N4/c1-11-13(10-16)15(18(2)17-11)19-9-5-7-12-6-3-4-8-14(12)19/h12,14H,3-9H2,1-2H3/t12-,14-/m1/s1. The highest BCUT2D eigenvalue weighted by Crippen LogP contribution is 2.38. The first-order valence-electron chi connectivity index (χ1n) is 7.42. The number of hydrogen-bond donors (Lipinski definition) is 0. The summed E-state index contributed by atoms with van der Waals surface area (Å²) in [6.07, 6.45) is 7.96. The molecule has 102 valence electrons. The molecule has 2 atom stereocenters. The van der Waals surface area contributed by atoms with Gasteiger partial charge in [0.2, 0.25) is 0 Å². The Kier molecular flexibility index (Phi) is 3.22. The molecule has 4 nitrogen and oxygen atoms in total. The van der Waals surface area contributed by atoms with Gasteiger partial charge in [0.25, 0.3) is 0 Å². The van der Waals surface area contributed by atoms with Gasteiger partial charge in [-0.05, 0) is 38.5 Å². The van der Waals surface area contributed by atoms with Crippen LogP contribution in [0.4, 0.5) is 5.82 Å². The second kappa shape index (κ2) is 4.88. The van der Waals surface area contributed by atoms with E-state index in [2.05, 4.69) is 16.1 Å². The lowest BCUT2D eigenvalue weighted by Crippen LogP contribution is -2.47. The molecule has 4 heteroatoms. The number of piperidine rings is 1. The Bertz CT molecular complexity index is 509. The molecule has 1 aliphatic heterocycles. The normalized spacial score (nSPS) is 26.9. The van der Waals surface area contributed by atoms with E-state index in [4.69, 9.17) is 0 Å². The molecule has 0 unspecified atom stereocenters. The molecule has 0 spiro atoms. The first-order valence-corrected chi connectivity index (χ1v) is 7.42. The second-order valence-corrected chi connectivity index (χ2v) is 5.97. The van der Waals surface area contributed by atoms with Gasteiger partial charge in [0.1, 0.15) is 17.5 Å². The third-order valence-electron chi connectivity index (χ3n) is 4.82. The molecule has 1 aromatic rings. The Morgan fingerprint density at radius 3 is 2.74 bits per heavy atom. The predicted octanol–water partition coefficient (Wildman–Crippen LogP) is 2.76. The van der Waals surface area contributed by atoms with Crippen LogP contribution >= 0.6 is 0 Å². The van der Waals surface area contributed by atoms with Crippen molar-refractivity contribution in [3.8, 4) is 6.07 Å². The van der Waals surface area contributed by atoms with Gasteiger partial charge in [0.05, 0.1) is 5.69 Å². The van der Waals surface area contributed by atoms with Gasteiger partial charge in [-0.25, -0.2) is 0 Å². The lowest BCUT2D eigenvalue weighted by atomic mass is 9.78. The van der Waals surface area contributed by atoms with Crippen molar-refractivity contribution in [2.45, 2.75) is 51.5 Å². The molecule has 2 heterocycles. The van der Waals surface area contributed by atoms with Gasteiger partial charge < -0.3 is 4.90 Å². The smallest absolute Gasteiger partial charge is 0.145 e. The zero-order valence-electron chi connectivity index (χ0n) is 11.9.